The molecule has 1 heterocycles. The van der Waals surface area contributed by atoms with Gasteiger partial charge < -0.3 is 9.30 Å². The molecule has 0 unspecified atom stereocenters. The van der Waals surface area contributed by atoms with E-state index in [4.69, 9.17) is 4.74 Å². The first-order valence-corrected chi connectivity index (χ1v) is 7.92. The lowest BCUT2D eigenvalue weighted by Gasteiger charge is -2.10. The molecule has 114 valence electrons. The Hall–Kier alpha value is -2.22. The number of rotatable bonds is 5. The van der Waals surface area contributed by atoms with Crippen molar-refractivity contribution in [2.45, 2.75) is 33.2 Å². The van der Waals surface area contributed by atoms with E-state index in [-0.39, 0.29) is 0 Å². The van der Waals surface area contributed by atoms with Gasteiger partial charge in [0, 0.05) is 11.7 Å². The first kappa shape index (κ1) is 14.7. The molecule has 0 spiro atoms. The van der Waals surface area contributed by atoms with Crippen molar-refractivity contribution in [2.24, 2.45) is 0 Å². The molecular formula is C20H23NO. The predicted octanol–water partition coefficient (Wildman–Crippen LogP) is 5.15. The largest absolute Gasteiger partial charge is 0.492 e. The first-order valence-electron chi connectivity index (χ1n) is 7.92. The van der Waals surface area contributed by atoms with E-state index in [9.17, 15) is 0 Å². The maximum absolute atomic E-state index is 5.82. The molecule has 0 fully saturated rings. The smallest absolute Gasteiger partial charge is 0.119 e. The zero-order valence-corrected chi connectivity index (χ0v) is 13.5. The number of aryl methyl sites for hydroxylation is 1. The van der Waals surface area contributed by atoms with Crippen LogP contribution in [-0.4, -0.2) is 11.2 Å². The van der Waals surface area contributed by atoms with Gasteiger partial charge in [0.25, 0.3) is 0 Å². The fourth-order valence-electron chi connectivity index (χ4n) is 2.67. The van der Waals surface area contributed by atoms with Crippen LogP contribution in [0.2, 0.25) is 0 Å². The van der Waals surface area contributed by atoms with E-state index in [1.807, 2.05) is 12.1 Å². The molecule has 0 aliphatic rings. The van der Waals surface area contributed by atoms with Crippen molar-refractivity contribution in [3.8, 4) is 5.75 Å². The van der Waals surface area contributed by atoms with Crippen molar-refractivity contribution in [3.05, 3.63) is 65.9 Å². The van der Waals surface area contributed by atoms with Gasteiger partial charge in [0.1, 0.15) is 12.4 Å². The number of hydrogen-bond donors (Lipinski definition) is 0. The molecular weight excluding hydrogens is 270 g/mol. The van der Waals surface area contributed by atoms with E-state index in [0.29, 0.717) is 12.5 Å². The minimum atomic E-state index is 0.567. The van der Waals surface area contributed by atoms with E-state index in [2.05, 4.69) is 67.9 Å². The molecule has 0 amide bonds. The van der Waals surface area contributed by atoms with Crippen LogP contribution in [0.25, 0.3) is 10.9 Å². The van der Waals surface area contributed by atoms with Crippen LogP contribution in [-0.2, 0) is 6.54 Å². The lowest BCUT2D eigenvalue weighted by atomic mass is 10.0. The molecule has 0 saturated carbocycles. The zero-order chi connectivity index (χ0) is 15.5. The summed E-state index contributed by atoms with van der Waals surface area (Å²) >= 11 is 0. The summed E-state index contributed by atoms with van der Waals surface area (Å²) in [7, 11) is 0. The Kier molecular flexibility index (Phi) is 4.19. The van der Waals surface area contributed by atoms with Gasteiger partial charge in [0.15, 0.2) is 0 Å². The van der Waals surface area contributed by atoms with Gasteiger partial charge in [-0.05, 0) is 54.1 Å². The highest BCUT2D eigenvalue weighted by Crippen LogP contribution is 2.22. The molecule has 3 aromatic rings. The Morgan fingerprint density at radius 1 is 1.00 bits per heavy atom. The molecule has 2 aromatic carbocycles. The molecule has 0 saturated heterocycles. The van der Waals surface area contributed by atoms with Crippen LogP contribution in [0.3, 0.4) is 0 Å². The monoisotopic (exact) mass is 293 g/mol. The Balaban J connectivity index is 1.67. The number of ether oxygens (including phenoxy) is 1. The van der Waals surface area contributed by atoms with Gasteiger partial charge in [-0.3, -0.25) is 0 Å². The molecule has 0 N–H and O–H groups in total. The average Bonchev–Trinajstić information content (AvgIpc) is 2.92. The third kappa shape index (κ3) is 3.16. The van der Waals surface area contributed by atoms with E-state index in [1.54, 1.807) is 0 Å². The summed E-state index contributed by atoms with van der Waals surface area (Å²) in [6.07, 6.45) is 2.15. The molecule has 2 heteroatoms. The molecule has 0 bridgehead atoms. The molecule has 3 rings (SSSR count). The van der Waals surface area contributed by atoms with Gasteiger partial charge in [-0.2, -0.15) is 0 Å². The van der Waals surface area contributed by atoms with Gasteiger partial charge in [-0.25, -0.2) is 0 Å². The molecule has 1 aromatic heterocycles. The summed E-state index contributed by atoms with van der Waals surface area (Å²) in [4.78, 5) is 0. The van der Waals surface area contributed by atoms with Gasteiger partial charge >= 0.3 is 0 Å². The maximum Gasteiger partial charge on any atom is 0.119 e. The third-order valence-corrected chi connectivity index (χ3v) is 4.08. The molecule has 22 heavy (non-hydrogen) atoms. The standard InChI is InChI=1S/C20H23NO/c1-15(2)17-6-9-20-18(14-17)10-11-21(20)12-13-22-19-7-4-16(3)5-8-19/h4-11,14-15H,12-13H2,1-3H3. The van der Waals surface area contributed by atoms with E-state index >= 15 is 0 Å². The Morgan fingerprint density at radius 3 is 2.50 bits per heavy atom. The van der Waals surface area contributed by atoms with Crippen LogP contribution >= 0.6 is 0 Å². The van der Waals surface area contributed by atoms with E-state index < -0.39 is 0 Å². The van der Waals surface area contributed by atoms with Crippen LogP contribution < -0.4 is 4.74 Å². The van der Waals surface area contributed by atoms with Gasteiger partial charge in [0.2, 0.25) is 0 Å². The van der Waals surface area contributed by atoms with Crippen LogP contribution in [0, 0.1) is 6.92 Å². The molecule has 0 atom stereocenters. The second-order valence-corrected chi connectivity index (χ2v) is 6.14. The topological polar surface area (TPSA) is 14.2 Å². The zero-order valence-electron chi connectivity index (χ0n) is 13.5. The quantitative estimate of drug-likeness (QED) is 0.634. The Labute approximate surface area is 132 Å². The number of hydrogen-bond acceptors (Lipinski definition) is 1. The molecule has 0 aliphatic heterocycles. The fourth-order valence-corrected chi connectivity index (χ4v) is 2.67. The molecule has 0 radical (unpaired) electrons. The second-order valence-electron chi connectivity index (χ2n) is 6.14. The van der Waals surface area contributed by atoms with Crippen molar-refractivity contribution in [1.29, 1.82) is 0 Å². The number of nitrogens with zero attached hydrogens (tertiary/aromatic N) is 1. The summed E-state index contributed by atoms with van der Waals surface area (Å²) in [6, 6.07) is 17.1. The Bertz CT molecular complexity index is 753. The summed E-state index contributed by atoms with van der Waals surface area (Å²) < 4.78 is 8.08. The third-order valence-electron chi connectivity index (χ3n) is 4.08. The normalized spacial score (nSPS) is 11.3. The lowest BCUT2D eigenvalue weighted by Crippen LogP contribution is -2.07. The average molecular weight is 293 g/mol. The van der Waals surface area contributed by atoms with Crippen LogP contribution in [0.1, 0.15) is 30.9 Å². The van der Waals surface area contributed by atoms with Crippen LogP contribution in [0.4, 0.5) is 0 Å². The van der Waals surface area contributed by atoms with Gasteiger partial charge in [-0.1, -0.05) is 37.6 Å². The van der Waals surface area contributed by atoms with Gasteiger partial charge in [0.05, 0.1) is 6.54 Å². The Morgan fingerprint density at radius 2 is 1.77 bits per heavy atom. The summed E-state index contributed by atoms with van der Waals surface area (Å²) in [6.45, 7) is 8.08. The minimum absolute atomic E-state index is 0.567. The maximum atomic E-state index is 5.82. The highest BCUT2D eigenvalue weighted by atomic mass is 16.5. The predicted molar refractivity (Wildman–Crippen MR) is 92.7 cm³/mol. The summed E-state index contributed by atoms with van der Waals surface area (Å²) in [5.41, 5.74) is 3.92. The number of aromatic nitrogens is 1. The molecule has 2 nitrogen and oxygen atoms in total. The first-order chi connectivity index (χ1) is 10.6. The highest BCUT2D eigenvalue weighted by molar-refractivity contribution is 5.81. The van der Waals surface area contributed by atoms with Crippen molar-refractivity contribution in [2.75, 3.05) is 6.61 Å². The van der Waals surface area contributed by atoms with Crippen molar-refractivity contribution in [1.82, 2.24) is 4.57 Å². The number of fused-ring (bicyclic) bond motifs is 1. The van der Waals surface area contributed by atoms with Gasteiger partial charge in [-0.15, -0.1) is 0 Å². The number of benzene rings is 2. The fraction of sp³-hybridized carbons (Fsp3) is 0.300. The summed E-state index contributed by atoms with van der Waals surface area (Å²) in [5, 5.41) is 1.31. The van der Waals surface area contributed by atoms with Crippen molar-refractivity contribution < 1.29 is 4.74 Å². The summed E-state index contributed by atoms with van der Waals surface area (Å²) in [5.74, 6) is 1.50. The minimum Gasteiger partial charge on any atom is -0.492 e. The van der Waals surface area contributed by atoms with Crippen molar-refractivity contribution >= 4 is 10.9 Å². The second kappa shape index (κ2) is 6.27. The van der Waals surface area contributed by atoms with E-state index in [1.165, 1.54) is 22.0 Å². The van der Waals surface area contributed by atoms with Crippen LogP contribution in [0.5, 0.6) is 5.75 Å². The van der Waals surface area contributed by atoms with Crippen molar-refractivity contribution in [3.63, 3.8) is 0 Å². The SMILES string of the molecule is Cc1ccc(OCCn2ccc3cc(C(C)C)ccc32)cc1. The van der Waals surface area contributed by atoms with Crippen LogP contribution in [0.15, 0.2) is 54.7 Å². The highest BCUT2D eigenvalue weighted by Gasteiger charge is 2.04. The lowest BCUT2D eigenvalue weighted by molar-refractivity contribution is 0.300. The molecule has 0 aliphatic carbocycles. The van der Waals surface area contributed by atoms with E-state index in [0.717, 1.165) is 12.3 Å².